The number of rotatable bonds is 3. The Kier molecular flexibility index (Phi) is 4.07. The molecule has 1 aliphatic rings. The van der Waals surface area contributed by atoms with Crippen LogP contribution in [0.25, 0.3) is 0 Å². The lowest BCUT2D eigenvalue weighted by molar-refractivity contribution is 0.0697. The number of halogens is 1. The van der Waals surface area contributed by atoms with Gasteiger partial charge in [-0.1, -0.05) is 24.9 Å². The Bertz CT molecular complexity index is 451. The third-order valence-corrected chi connectivity index (χ3v) is 3.79. The molecule has 1 atom stereocenters. The molecule has 1 unspecified atom stereocenters. The molecule has 4 nitrogen and oxygen atoms in total. The Balaban J connectivity index is 2.22. The summed E-state index contributed by atoms with van der Waals surface area (Å²) in [7, 11) is 0. The fourth-order valence-corrected chi connectivity index (χ4v) is 2.56. The molecule has 1 N–H and O–H groups in total. The molecule has 0 aromatic carbocycles. The van der Waals surface area contributed by atoms with Gasteiger partial charge in [0.05, 0.1) is 10.6 Å². The molecule has 1 aromatic heterocycles. The molecule has 0 amide bonds. The Morgan fingerprint density at radius 1 is 1.67 bits per heavy atom. The summed E-state index contributed by atoms with van der Waals surface area (Å²) in [5.74, 6) is 0.382. The number of aromatic carboxylic acids is 1. The number of carboxylic acid groups (broad SMARTS) is 1. The van der Waals surface area contributed by atoms with Gasteiger partial charge in [-0.05, 0) is 24.8 Å². The van der Waals surface area contributed by atoms with Crippen LogP contribution in [-0.4, -0.2) is 29.1 Å². The van der Waals surface area contributed by atoms with Crippen LogP contribution in [0.1, 0.15) is 36.5 Å². The van der Waals surface area contributed by atoms with Gasteiger partial charge in [0.25, 0.3) is 0 Å². The summed E-state index contributed by atoms with van der Waals surface area (Å²) in [5, 5.41) is 9.25. The van der Waals surface area contributed by atoms with Gasteiger partial charge in [-0.3, -0.25) is 0 Å². The van der Waals surface area contributed by atoms with Gasteiger partial charge in [0.2, 0.25) is 0 Å². The van der Waals surface area contributed by atoms with E-state index in [2.05, 4.69) is 16.8 Å². The molecule has 5 heteroatoms. The lowest BCUT2D eigenvalue weighted by atomic mass is 9.95. The first kappa shape index (κ1) is 13.1. The average molecular weight is 269 g/mol. The van der Waals surface area contributed by atoms with Gasteiger partial charge in [0, 0.05) is 19.3 Å². The second-order valence-electron chi connectivity index (χ2n) is 4.69. The van der Waals surface area contributed by atoms with Crippen molar-refractivity contribution in [1.82, 2.24) is 4.98 Å². The van der Waals surface area contributed by atoms with Gasteiger partial charge >= 0.3 is 5.97 Å². The standard InChI is InChI=1S/C13H17ClN2O2/c1-2-9-4-3-5-16(8-9)12-6-10(13(17)18)11(14)7-15-12/h6-7,9H,2-5,8H2,1H3,(H,17,18). The van der Waals surface area contributed by atoms with Crippen molar-refractivity contribution in [1.29, 1.82) is 0 Å². The van der Waals surface area contributed by atoms with E-state index >= 15 is 0 Å². The predicted molar refractivity (Wildman–Crippen MR) is 71.4 cm³/mol. The summed E-state index contributed by atoms with van der Waals surface area (Å²) < 4.78 is 0. The van der Waals surface area contributed by atoms with E-state index < -0.39 is 5.97 Å². The maximum Gasteiger partial charge on any atom is 0.337 e. The number of anilines is 1. The van der Waals surface area contributed by atoms with Crippen molar-refractivity contribution < 1.29 is 9.90 Å². The number of pyridine rings is 1. The van der Waals surface area contributed by atoms with E-state index in [1.165, 1.54) is 12.6 Å². The van der Waals surface area contributed by atoms with Crippen molar-refractivity contribution in [2.45, 2.75) is 26.2 Å². The molecule has 0 radical (unpaired) electrons. The van der Waals surface area contributed by atoms with Crippen LogP contribution in [0.2, 0.25) is 5.02 Å². The van der Waals surface area contributed by atoms with Crippen LogP contribution in [0.15, 0.2) is 12.3 Å². The normalized spacial score (nSPS) is 19.9. The Morgan fingerprint density at radius 3 is 3.11 bits per heavy atom. The van der Waals surface area contributed by atoms with Crippen LogP contribution in [0.3, 0.4) is 0 Å². The molecule has 0 aliphatic carbocycles. The van der Waals surface area contributed by atoms with Gasteiger partial charge < -0.3 is 10.0 Å². The zero-order valence-corrected chi connectivity index (χ0v) is 11.2. The second-order valence-corrected chi connectivity index (χ2v) is 5.10. The van der Waals surface area contributed by atoms with Gasteiger partial charge in [-0.2, -0.15) is 0 Å². The molecule has 2 heterocycles. The topological polar surface area (TPSA) is 53.4 Å². The summed E-state index contributed by atoms with van der Waals surface area (Å²) in [4.78, 5) is 17.4. The Labute approximate surface area is 112 Å². The van der Waals surface area contributed by atoms with Crippen molar-refractivity contribution in [2.24, 2.45) is 5.92 Å². The molecule has 1 aromatic rings. The van der Waals surface area contributed by atoms with E-state index in [0.717, 1.165) is 31.7 Å². The van der Waals surface area contributed by atoms with Crippen molar-refractivity contribution in [3.63, 3.8) is 0 Å². The van der Waals surface area contributed by atoms with Gasteiger partial charge in [-0.15, -0.1) is 0 Å². The van der Waals surface area contributed by atoms with Crippen LogP contribution < -0.4 is 4.90 Å². The fraction of sp³-hybridized carbons (Fsp3) is 0.538. The minimum atomic E-state index is -1.01. The summed E-state index contributed by atoms with van der Waals surface area (Å²) in [6.07, 6.45) is 4.95. The van der Waals surface area contributed by atoms with E-state index in [1.54, 1.807) is 6.07 Å². The van der Waals surface area contributed by atoms with E-state index in [0.29, 0.717) is 5.92 Å². The molecular formula is C13H17ClN2O2. The van der Waals surface area contributed by atoms with Crippen LogP contribution in [0.4, 0.5) is 5.82 Å². The van der Waals surface area contributed by atoms with Crippen LogP contribution >= 0.6 is 11.6 Å². The molecule has 0 spiro atoms. The zero-order chi connectivity index (χ0) is 13.1. The average Bonchev–Trinajstić information content (AvgIpc) is 2.39. The lowest BCUT2D eigenvalue weighted by Gasteiger charge is -2.33. The highest BCUT2D eigenvalue weighted by Gasteiger charge is 2.21. The van der Waals surface area contributed by atoms with Crippen molar-refractivity contribution in [2.75, 3.05) is 18.0 Å². The molecular weight excluding hydrogens is 252 g/mol. The fourth-order valence-electron chi connectivity index (χ4n) is 2.37. The largest absolute Gasteiger partial charge is 0.478 e. The van der Waals surface area contributed by atoms with E-state index in [9.17, 15) is 4.79 Å². The summed E-state index contributed by atoms with van der Waals surface area (Å²) in [6.45, 7) is 4.07. The summed E-state index contributed by atoms with van der Waals surface area (Å²) >= 11 is 5.82. The van der Waals surface area contributed by atoms with E-state index in [-0.39, 0.29) is 10.6 Å². The minimum Gasteiger partial charge on any atom is -0.478 e. The van der Waals surface area contributed by atoms with E-state index in [4.69, 9.17) is 16.7 Å². The van der Waals surface area contributed by atoms with Crippen LogP contribution in [0, 0.1) is 5.92 Å². The van der Waals surface area contributed by atoms with Gasteiger partial charge in [0.15, 0.2) is 0 Å². The molecule has 0 bridgehead atoms. The highest BCUT2D eigenvalue weighted by atomic mass is 35.5. The molecule has 1 fully saturated rings. The lowest BCUT2D eigenvalue weighted by Crippen LogP contribution is -2.35. The van der Waals surface area contributed by atoms with Gasteiger partial charge in [0.1, 0.15) is 5.82 Å². The number of carbonyl (C=O) groups is 1. The molecule has 1 aliphatic heterocycles. The SMILES string of the molecule is CCC1CCCN(c2cc(C(=O)O)c(Cl)cn2)C1. The quantitative estimate of drug-likeness (QED) is 0.915. The summed E-state index contributed by atoms with van der Waals surface area (Å²) in [5.41, 5.74) is 0.125. The first-order chi connectivity index (χ1) is 8.61. The third-order valence-electron chi connectivity index (χ3n) is 3.49. The highest BCUT2D eigenvalue weighted by molar-refractivity contribution is 6.33. The molecule has 98 valence electrons. The first-order valence-corrected chi connectivity index (χ1v) is 6.63. The molecule has 1 saturated heterocycles. The number of hydrogen-bond acceptors (Lipinski definition) is 3. The Morgan fingerprint density at radius 2 is 2.44 bits per heavy atom. The number of nitrogens with zero attached hydrogens (tertiary/aromatic N) is 2. The van der Waals surface area contributed by atoms with Crippen LogP contribution in [0.5, 0.6) is 0 Å². The number of carboxylic acids is 1. The molecule has 0 saturated carbocycles. The molecule has 2 rings (SSSR count). The van der Waals surface area contributed by atoms with Crippen molar-refractivity contribution >= 4 is 23.4 Å². The Hall–Kier alpha value is -1.29. The highest BCUT2D eigenvalue weighted by Crippen LogP contribution is 2.26. The smallest absolute Gasteiger partial charge is 0.337 e. The van der Waals surface area contributed by atoms with Gasteiger partial charge in [-0.25, -0.2) is 9.78 Å². The minimum absolute atomic E-state index is 0.125. The number of aromatic nitrogens is 1. The maximum atomic E-state index is 11.0. The molecule has 18 heavy (non-hydrogen) atoms. The van der Waals surface area contributed by atoms with Crippen molar-refractivity contribution in [3.05, 3.63) is 22.8 Å². The zero-order valence-electron chi connectivity index (χ0n) is 10.4. The van der Waals surface area contributed by atoms with E-state index in [1.807, 2.05) is 0 Å². The number of hydrogen-bond donors (Lipinski definition) is 1. The van der Waals surface area contributed by atoms with Crippen LogP contribution in [-0.2, 0) is 0 Å². The second kappa shape index (κ2) is 5.57. The third kappa shape index (κ3) is 2.75. The summed E-state index contributed by atoms with van der Waals surface area (Å²) in [6, 6.07) is 1.57. The first-order valence-electron chi connectivity index (χ1n) is 6.25. The monoisotopic (exact) mass is 268 g/mol. The predicted octanol–water partition coefficient (Wildman–Crippen LogP) is 3.06. The van der Waals surface area contributed by atoms with Crippen molar-refractivity contribution in [3.8, 4) is 0 Å². The number of piperidine rings is 1. The maximum absolute atomic E-state index is 11.0.